The fourth-order valence-electron chi connectivity index (χ4n) is 3.29. The van der Waals surface area contributed by atoms with E-state index in [-0.39, 0.29) is 5.91 Å². The SMILES string of the molecule is CN=C=C1N[C@](C)(c2ccc(C#N)s2)C(c2ccc(C=O)cc2)C(=O)N1C. The third-order valence-corrected chi connectivity index (χ3v) is 5.95. The molecule has 0 spiro atoms. The van der Waals surface area contributed by atoms with Crippen molar-refractivity contribution in [3.05, 3.63) is 63.1 Å². The molecule has 1 amide bonds. The Kier molecular flexibility index (Phi) is 4.95. The van der Waals surface area contributed by atoms with Crippen LogP contribution in [0.15, 0.2) is 47.2 Å². The number of aldehydes is 1. The average Bonchev–Trinajstić information content (AvgIpc) is 3.17. The van der Waals surface area contributed by atoms with Gasteiger partial charge in [0.25, 0.3) is 0 Å². The first-order valence-electron chi connectivity index (χ1n) is 8.27. The molecule has 0 saturated carbocycles. The average molecular weight is 378 g/mol. The highest BCUT2D eigenvalue weighted by atomic mass is 32.1. The number of carbonyl (C=O) groups is 2. The van der Waals surface area contributed by atoms with Crippen LogP contribution in [-0.4, -0.2) is 37.1 Å². The third kappa shape index (κ3) is 3.17. The van der Waals surface area contributed by atoms with Gasteiger partial charge in [-0.25, -0.2) is 4.99 Å². The molecule has 1 N–H and O–H groups in total. The molecule has 1 aliphatic heterocycles. The summed E-state index contributed by atoms with van der Waals surface area (Å²) in [5.41, 5.74) is 0.539. The van der Waals surface area contributed by atoms with Crippen molar-refractivity contribution in [2.75, 3.05) is 14.1 Å². The van der Waals surface area contributed by atoms with Crippen LogP contribution >= 0.6 is 11.3 Å². The molecule has 136 valence electrons. The van der Waals surface area contributed by atoms with Gasteiger partial charge in [0, 0.05) is 30.4 Å². The van der Waals surface area contributed by atoms with Crippen LogP contribution in [0.3, 0.4) is 0 Å². The van der Waals surface area contributed by atoms with Gasteiger partial charge in [0.15, 0.2) is 5.82 Å². The van der Waals surface area contributed by atoms with Crippen molar-refractivity contribution in [1.29, 1.82) is 5.26 Å². The lowest BCUT2D eigenvalue weighted by Gasteiger charge is -2.45. The molecule has 1 aromatic carbocycles. The van der Waals surface area contributed by atoms with Crippen LogP contribution in [0.2, 0.25) is 0 Å². The Morgan fingerprint density at radius 3 is 2.56 bits per heavy atom. The summed E-state index contributed by atoms with van der Waals surface area (Å²) < 4.78 is 0. The molecule has 0 radical (unpaired) electrons. The Morgan fingerprint density at radius 1 is 1.30 bits per heavy atom. The van der Waals surface area contributed by atoms with E-state index in [0.717, 1.165) is 16.7 Å². The monoisotopic (exact) mass is 378 g/mol. The molecule has 3 rings (SSSR count). The summed E-state index contributed by atoms with van der Waals surface area (Å²) in [5, 5.41) is 12.6. The van der Waals surface area contributed by atoms with Gasteiger partial charge in [-0.15, -0.1) is 11.3 Å². The Balaban J connectivity index is 2.19. The highest BCUT2D eigenvalue weighted by Gasteiger charge is 2.49. The van der Waals surface area contributed by atoms with Crippen LogP contribution in [-0.2, 0) is 10.3 Å². The molecule has 2 atom stereocenters. The predicted octanol–water partition coefficient (Wildman–Crippen LogP) is 2.63. The standard InChI is InChI=1S/C20H18N4O2S/c1-20(16-9-8-15(10-21)27-16)18(14-6-4-13(12-25)5-7-14)19(26)24(3)17(23-20)11-22-2/h4-9,12,18,23H,1-3H3/t18?,20-/m1/s1. The van der Waals surface area contributed by atoms with Gasteiger partial charge in [-0.3, -0.25) is 14.5 Å². The molecule has 6 nitrogen and oxygen atoms in total. The van der Waals surface area contributed by atoms with Crippen LogP contribution in [0, 0.1) is 11.3 Å². The molecule has 2 aromatic rings. The summed E-state index contributed by atoms with van der Waals surface area (Å²) in [7, 11) is 3.26. The van der Waals surface area contributed by atoms with E-state index in [0.29, 0.717) is 16.3 Å². The van der Waals surface area contributed by atoms with E-state index in [2.05, 4.69) is 22.2 Å². The number of hydrogen-bond acceptors (Lipinski definition) is 6. The summed E-state index contributed by atoms with van der Waals surface area (Å²) in [5.74, 6) is 2.64. The number of hydrogen-bond donors (Lipinski definition) is 1. The smallest absolute Gasteiger partial charge is 0.238 e. The van der Waals surface area contributed by atoms with Crippen LogP contribution in [0.5, 0.6) is 0 Å². The van der Waals surface area contributed by atoms with E-state index >= 15 is 0 Å². The molecular formula is C20H18N4O2S. The van der Waals surface area contributed by atoms with Gasteiger partial charge in [-0.1, -0.05) is 24.3 Å². The fourth-order valence-corrected chi connectivity index (χ4v) is 4.22. The lowest BCUT2D eigenvalue weighted by atomic mass is 9.76. The Bertz CT molecular complexity index is 996. The molecule has 27 heavy (non-hydrogen) atoms. The van der Waals surface area contributed by atoms with Crippen molar-refractivity contribution in [1.82, 2.24) is 10.2 Å². The lowest BCUT2D eigenvalue weighted by molar-refractivity contribution is -0.134. The van der Waals surface area contributed by atoms with Crippen LogP contribution < -0.4 is 5.32 Å². The summed E-state index contributed by atoms with van der Waals surface area (Å²) in [4.78, 5) is 31.1. The highest BCUT2D eigenvalue weighted by molar-refractivity contribution is 7.12. The normalized spacial score (nSPS) is 21.9. The van der Waals surface area contributed by atoms with Gasteiger partial charge in [-0.05, 0) is 24.6 Å². The zero-order valence-corrected chi connectivity index (χ0v) is 16.0. The largest absolute Gasteiger partial charge is 0.352 e. The molecule has 0 aliphatic carbocycles. The summed E-state index contributed by atoms with van der Waals surface area (Å²) in [6.45, 7) is 1.93. The van der Waals surface area contributed by atoms with Gasteiger partial charge in [0.05, 0.1) is 11.5 Å². The van der Waals surface area contributed by atoms with Crippen molar-refractivity contribution in [2.45, 2.75) is 18.4 Å². The number of likely N-dealkylation sites (N-methyl/N-ethyl adjacent to an activating group) is 1. The fraction of sp³-hybridized carbons (Fsp3) is 0.250. The minimum absolute atomic E-state index is 0.117. The van der Waals surface area contributed by atoms with E-state index in [1.807, 2.05) is 13.0 Å². The summed E-state index contributed by atoms with van der Waals surface area (Å²) >= 11 is 1.35. The molecule has 0 bridgehead atoms. The zero-order valence-electron chi connectivity index (χ0n) is 15.2. The quantitative estimate of drug-likeness (QED) is 0.657. The van der Waals surface area contributed by atoms with Gasteiger partial charge < -0.3 is 5.32 Å². The Labute approximate surface area is 161 Å². The number of aliphatic imine (C=N–C) groups is 1. The first-order valence-corrected chi connectivity index (χ1v) is 9.09. The molecule has 2 heterocycles. The Hall–Kier alpha value is -3.20. The van der Waals surface area contributed by atoms with E-state index in [9.17, 15) is 14.9 Å². The number of benzene rings is 1. The molecule has 1 saturated heterocycles. The minimum Gasteiger partial charge on any atom is -0.352 e. The van der Waals surface area contributed by atoms with Gasteiger partial charge >= 0.3 is 0 Å². The van der Waals surface area contributed by atoms with E-state index < -0.39 is 11.5 Å². The molecule has 1 unspecified atom stereocenters. The Morgan fingerprint density at radius 2 is 2.00 bits per heavy atom. The highest BCUT2D eigenvalue weighted by Crippen LogP contribution is 2.44. The van der Waals surface area contributed by atoms with Crippen LogP contribution in [0.4, 0.5) is 0 Å². The second-order valence-electron chi connectivity index (χ2n) is 6.40. The van der Waals surface area contributed by atoms with Crippen molar-refractivity contribution in [3.8, 4) is 6.07 Å². The maximum absolute atomic E-state index is 13.3. The van der Waals surface area contributed by atoms with E-state index in [1.54, 1.807) is 44.4 Å². The van der Waals surface area contributed by atoms with Crippen molar-refractivity contribution in [3.63, 3.8) is 0 Å². The molecule has 1 fully saturated rings. The van der Waals surface area contributed by atoms with Crippen molar-refractivity contribution in [2.24, 2.45) is 4.99 Å². The second kappa shape index (κ2) is 7.20. The van der Waals surface area contributed by atoms with E-state index in [1.165, 1.54) is 16.2 Å². The zero-order chi connectivity index (χ0) is 19.6. The summed E-state index contributed by atoms with van der Waals surface area (Å²) in [6.07, 6.45) is 0.771. The van der Waals surface area contributed by atoms with Gasteiger partial charge in [0.2, 0.25) is 5.91 Å². The number of nitrogens with one attached hydrogen (secondary N) is 1. The molecular weight excluding hydrogens is 360 g/mol. The van der Waals surface area contributed by atoms with Crippen molar-refractivity contribution < 1.29 is 9.59 Å². The maximum Gasteiger partial charge on any atom is 0.238 e. The predicted molar refractivity (Wildman–Crippen MR) is 104 cm³/mol. The van der Waals surface area contributed by atoms with Gasteiger partial charge in [-0.2, -0.15) is 5.26 Å². The van der Waals surface area contributed by atoms with Gasteiger partial charge in [0.1, 0.15) is 17.2 Å². The number of amides is 1. The second-order valence-corrected chi connectivity index (χ2v) is 7.49. The molecule has 1 aromatic heterocycles. The maximum atomic E-state index is 13.3. The lowest BCUT2D eigenvalue weighted by Crippen LogP contribution is -2.58. The first-order chi connectivity index (χ1) is 12.9. The molecule has 7 heteroatoms. The topological polar surface area (TPSA) is 85.6 Å². The third-order valence-electron chi connectivity index (χ3n) is 4.72. The first kappa shape index (κ1) is 18.6. The van der Waals surface area contributed by atoms with Crippen LogP contribution in [0.1, 0.15) is 38.5 Å². The minimum atomic E-state index is -0.793. The number of nitrogens with zero attached hydrogens (tertiary/aromatic N) is 3. The number of carbonyl (C=O) groups excluding carboxylic acids is 2. The van der Waals surface area contributed by atoms with E-state index in [4.69, 9.17) is 0 Å². The number of thiophene rings is 1. The summed E-state index contributed by atoms with van der Waals surface area (Å²) in [6, 6.07) is 12.7. The molecule has 1 aliphatic rings. The van der Waals surface area contributed by atoms with Crippen molar-refractivity contribution >= 4 is 29.4 Å². The number of nitriles is 1. The number of rotatable bonds is 3. The van der Waals surface area contributed by atoms with Crippen LogP contribution in [0.25, 0.3) is 0 Å².